The van der Waals surface area contributed by atoms with Crippen LogP contribution >= 0.6 is 0 Å². The van der Waals surface area contributed by atoms with Crippen molar-refractivity contribution in [2.24, 2.45) is 5.92 Å². The van der Waals surface area contributed by atoms with Gasteiger partial charge in [0.2, 0.25) is 0 Å². The van der Waals surface area contributed by atoms with E-state index in [1.165, 1.54) is 30.5 Å². The predicted octanol–water partition coefficient (Wildman–Crippen LogP) is 5.24. The molecule has 0 saturated heterocycles. The lowest BCUT2D eigenvalue weighted by atomic mass is 10.0. The van der Waals surface area contributed by atoms with E-state index in [4.69, 9.17) is 10.1 Å². The standard InChI is InChI=1S/C23H28N4/c1-4-5-21-14-22(12-13-24-21)27-17(3)23(16(2)26-27)19-9-11-20(25-15-19)10-8-18-6-7-18/h9,11-15,18H,4-8,10H2,1-3H3. The molecule has 1 fully saturated rings. The van der Waals surface area contributed by atoms with E-state index in [0.29, 0.717) is 0 Å². The van der Waals surface area contributed by atoms with E-state index in [1.807, 2.05) is 23.1 Å². The summed E-state index contributed by atoms with van der Waals surface area (Å²) in [6.07, 6.45) is 11.2. The summed E-state index contributed by atoms with van der Waals surface area (Å²) in [7, 11) is 0. The molecule has 0 radical (unpaired) electrons. The molecule has 27 heavy (non-hydrogen) atoms. The molecule has 0 aromatic carbocycles. The molecule has 1 aliphatic rings. The van der Waals surface area contributed by atoms with Crippen LogP contribution in [0.4, 0.5) is 0 Å². The van der Waals surface area contributed by atoms with E-state index in [0.717, 1.165) is 53.5 Å². The van der Waals surface area contributed by atoms with E-state index in [2.05, 4.69) is 44.0 Å². The highest BCUT2D eigenvalue weighted by Gasteiger charge is 2.21. The van der Waals surface area contributed by atoms with Crippen LogP contribution in [0.15, 0.2) is 36.7 Å². The molecule has 0 amide bonds. The summed E-state index contributed by atoms with van der Waals surface area (Å²) in [6.45, 7) is 6.39. The lowest BCUT2D eigenvalue weighted by Crippen LogP contribution is -2.01. The minimum atomic E-state index is 0.951. The van der Waals surface area contributed by atoms with Crippen molar-refractivity contribution < 1.29 is 0 Å². The highest BCUT2D eigenvalue weighted by Crippen LogP contribution is 2.33. The molecule has 4 rings (SSSR count). The largest absolute Gasteiger partial charge is 0.261 e. The van der Waals surface area contributed by atoms with Crippen LogP contribution in [0.25, 0.3) is 16.8 Å². The summed E-state index contributed by atoms with van der Waals surface area (Å²) in [5, 5.41) is 4.81. The zero-order chi connectivity index (χ0) is 18.8. The molecule has 0 bridgehead atoms. The third kappa shape index (κ3) is 3.95. The van der Waals surface area contributed by atoms with E-state index in [1.54, 1.807) is 0 Å². The van der Waals surface area contributed by atoms with Gasteiger partial charge in [0.15, 0.2) is 0 Å². The number of nitrogens with zero attached hydrogens (tertiary/aromatic N) is 4. The summed E-state index contributed by atoms with van der Waals surface area (Å²) in [6, 6.07) is 8.55. The van der Waals surface area contributed by atoms with Gasteiger partial charge in [0.1, 0.15) is 0 Å². The number of hydrogen-bond acceptors (Lipinski definition) is 3. The van der Waals surface area contributed by atoms with E-state index in [-0.39, 0.29) is 0 Å². The Morgan fingerprint density at radius 1 is 1.04 bits per heavy atom. The SMILES string of the molecule is CCCc1cc(-n2nc(C)c(-c3ccc(CCC4CC4)nc3)c2C)ccn1. The fourth-order valence-corrected chi connectivity index (χ4v) is 3.78. The smallest absolute Gasteiger partial charge is 0.0682 e. The maximum atomic E-state index is 4.81. The van der Waals surface area contributed by atoms with Gasteiger partial charge in [-0.05, 0) is 57.2 Å². The van der Waals surface area contributed by atoms with Gasteiger partial charge >= 0.3 is 0 Å². The molecule has 3 aromatic heterocycles. The molecule has 1 saturated carbocycles. The second kappa shape index (κ2) is 7.63. The van der Waals surface area contributed by atoms with Gasteiger partial charge in [0.25, 0.3) is 0 Å². The molecule has 0 aliphatic heterocycles. The Hall–Kier alpha value is -2.49. The summed E-state index contributed by atoms with van der Waals surface area (Å²) in [4.78, 5) is 9.17. The number of aromatic nitrogens is 4. The van der Waals surface area contributed by atoms with Gasteiger partial charge in [-0.2, -0.15) is 5.10 Å². The van der Waals surface area contributed by atoms with Gasteiger partial charge < -0.3 is 0 Å². The Morgan fingerprint density at radius 3 is 2.59 bits per heavy atom. The quantitative estimate of drug-likeness (QED) is 0.578. The fourth-order valence-electron chi connectivity index (χ4n) is 3.78. The van der Waals surface area contributed by atoms with Crippen molar-refractivity contribution in [3.05, 3.63) is 59.4 Å². The summed E-state index contributed by atoms with van der Waals surface area (Å²) >= 11 is 0. The zero-order valence-corrected chi connectivity index (χ0v) is 16.6. The number of rotatable bonds is 7. The highest BCUT2D eigenvalue weighted by molar-refractivity contribution is 5.68. The first kappa shape index (κ1) is 17.9. The maximum absolute atomic E-state index is 4.81. The molecule has 1 aliphatic carbocycles. The second-order valence-electron chi connectivity index (χ2n) is 7.73. The van der Waals surface area contributed by atoms with Crippen molar-refractivity contribution in [1.29, 1.82) is 0 Å². The lowest BCUT2D eigenvalue weighted by Gasteiger charge is -2.08. The van der Waals surface area contributed by atoms with Crippen LogP contribution in [0.2, 0.25) is 0 Å². The summed E-state index contributed by atoms with van der Waals surface area (Å²) in [5.41, 5.74) is 7.91. The van der Waals surface area contributed by atoms with E-state index >= 15 is 0 Å². The monoisotopic (exact) mass is 360 g/mol. The first-order chi connectivity index (χ1) is 13.2. The second-order valence-corrected chi connectivity index (χ2v) is 7.73. The first-order valence-corrected chi connectivity index (χ1v) is 10.1. The Bertz CT molecular complexity index is 920. The van der Waals surface area contributed by atoms with Crippen LogP contribution in [0.1, 0.15) is 55.4 Å². The van der Waals surface area contributed by atoms with Gasteiger partial charge in [-0.25, -0.2) is 4.68 Å². The van der Waals surface area contributed by atoms with E-state index < -0.39 is 0 Å². The molecule has 140 valence electrons. The number of hydrogen-bond donors (Lipinski definition) is 0. The van der Waals surface area contributed by atoms with Crippen molar-refractivity contribution in [2.45, 2.75) is 59.3 Å². The van der Waals surface area contributed by atoms with Crippen LogP contribution in [0, 0.1) is 19.8 Å². The third-order valence-corrected chi connectivity index (χ3v) is 5.46. The minimum absolute atomic E-state index is 0.951. The van der Waals surface area contributed by atoms with Crippen LogP contribution in [0.5, 0.6) is 0 Å². The van der Waals surface area contributed by atoms with Crippen molar-refractivity contribution in [3.8, 4) is 16.8 Å². The van der Waals surface area contributed by atoms with Gasteiger partial charge in [-0.15, -0.1) is 0 Å². The van der Waals surface area contributed by atoms with Gasteiger partial charge in [0.05, 0.1) is 11.4 Å². The highest BCUT2D eigenvalue weighted by atomic mass is 15.3. The Balaban J connectivity index is 1.61. The average molecular weight is 361 g/mol. The van der Waals surface area contributed by atoms with Crippen molar-refractivity contribution in [1.82, 2.24) is 19.7 Å². The van der Waals surface area contributed by atoms with Crippen molar-refractivity contribution >= 4 is 0 Å². The Kier molecular flexibility index (Phi) is 5.06. The minimum Gasteiger partial charge on any atom is -0.261 e. The maximum Gasteiger partial charge on any atom is 0.0682 e. The number of aryl methyl sites for hydroxylation is 3. The molecule has 0 spiro atoms. The molecular weight excluding hydrogens is 332 g/mol. The third-order valence-electron chi connectivity index (χ3n) is 5.46. The summed E-state index contributed by atoms with van der Waals surface area (Å²) in [5.74, 6) is 0.951. The molecule has 3 aromatic rings. The van der Waals surface area contributed by atoms with Crippen molar-refractivity contribution in [2.75, 3.05) is 0 Å². The molecule has 0 unspecified atom stereocenters. The van der Waals surface area contributed by atoms with E-state index in [9.17, 15) is 0 Å². The topological polar surface area (TPSA) is 43.6 Å². The fraction of sp³-hybridized carbons (Fsp3) is 0.435. The number of pyridine rings is 2. The van der Waals surface area contributed by atoms with Crippen LogP contribution in [-0.4, -0.2) is 19.7 Å². The van der Waals surface area contributed by atoms with Gasteiger partial charge in [0, 0.05) is 40.6 Å². The molecule has 0 atom stereocenters. The van der Waals surface area contributed by atoms with Gasteiger partial charge in [-0.1, -0.05) is 32.3 Å². The first-order valence-electron chi connectivity index (χ1n) is 10.1. The summed E-state index contributed by atoms with van der Waals surface area (Å²) < 4.78 is 2.03. The Labute approximate surface area is 161 Å². The van der Waals surface area contributed by atoms with Crippen LogP contribution < -0.4 is 0 Å². The van der Waals surface area contributed by atoms with Crippen molar-refractivity contribution in [3.63, 3.8) is 0 Å². The van der Waals surface area contributed by atoms with Crippen LogP contribution in [0.3, 0.4) is 0 Å². The predicted molar refractivity (Wildman–Crippen MR) is 109 cm³/mol. The molecule has 3 heterocycles. The normalized spacial score (nSPS) is 13.9. The molecule has 0 N–H and O–H groups in total. The zero-order valence-electron chi connectivity index (χ0n) is 16.6. The molecule has 4 nitrogen and oxygen atoms in total. The lowest BCUT2D eigenvalue weighted by molar-refractivity contribution is 0.714. The average Bonchev–Trinajstić information content (AvgIpc) is 3.46. The molecular formula is C23H28N4. The Morgan fingerprint density at radius 2 is 1.89 bits per heavy atom. The van der Waals surface area contributed by atoms with Gasteiger partial charge in [-0.3, -0.25) is 9.97 Å². The van der Waals surface area contributed by atoms with Crippen LogP contribution in [-0.2, 0) is 12.8 Å². The molecule has 4 heteroatoms.